The lowest BCUT2D eigenvalue weighted by molar-refractivity contribution is 0.669. The van der Waals surface area contributed by atoms with Crippen LogP contribution in [0.15, 0.2) is 77.2 Å². The molecule has 0 aliphatic rings. The van der Waals surface area contributed by atoms with Gasteiger partial charge in [-0.1, -0.05) is 48.5 Å². The van der Waals surface area contributed by atoms with E-state index in [1.165, 1.54) is 27.1 Å². The Morgan fingerprint density at radius 3 is 2.07 bits per heavy atom. The summed E-state index contributed by atoms with van der Waals surface area (Å²) in [5, 5.41) is 7.22. The number of H-pyrrole nitrogens is 2. The van der Waals surface area contributed by atoms with Crippen molar-refractivity contribution < 1.29 is 4.42 Å². The summed E-state index contributed by atoms with van der Waals surface area (Å²) in [6.45, 7) is 0. The maximum Gasteiger partial charge on any atom is 0.136 e. The van der Waals surface area contributed by atoms with Crippen molar-refractivity contribution in [2.45, 2.75) is 0 Å². The van der Waals surface area contributed by atoms with Crippen molar-refractivity contribution in [1.29, 1.82) is 0 Å². The van der Waals surface area contributed by atoms with Crippen LogP contribution in [0.2, 0.25) is 0 Å². The molecule has 0 unspecified atom stereocenters. The molecule has 126 valence electrons. The lowest BCUT2D eigenvalue weighted by Gasteiger charge is -1.94. The van der Waals surface area contributed by atoms with E-state index in [-0.39, 0.29) is 0 Å². The summed E-state index contributed by atoms with van der Waals surface area (Å²) in [5.41, 5.74) is 6.47. The summed E-state index contributed by atoms with van der Waals surface area (Å²) in [6.07, 6.45) is 0. The number of aromatic amines is 2. The molecule has 7 aromatic rings. The molecule has 0 saturated carbocycles. The average molecular weight is 346 g/mol. The molecule has 4 aromatic carbocycles. The summed E-state index contributed by atoms with van der Waals surface area (Å²) < 4.78 is 6.09. The van der Waals surface area contributed by atoms with E-state index >= 15 is 0 Å². The van der Waals surface area contributed by atoms with Gasteiger partial charge in [0.1, 0.15) is 11.2 Å². The van der Waals surface area contributed by atoms with Crippen LogP contribution in [0.25, 0.3) is 65.6 Å². The zero-order valence-electron chi connectivity index (χ0n) is 14.3. The third-order valence-corrected chi connectivity index (χ3v) is 5.75. The number of aromatic nitrogens is 2. The highest BCUT2D eigenvalue weighted by Gasteiger charge is 2.14. The van der Waals surface area contributed by atoms with Crippen LogP contribution < -0.4 is 0 Å². The third-order valence-electron chi connectivity index (χ3n) is 5.75. The van der Waals surface area contributed by atoms with Crippen LogP contribution in [0.1, 0.15) is 0 Å². The van der Waals surface area contributed by atoms with Gasteiger partial charge < -0.3 is 14.4 Å². The molecule has 3 heterocycles. The first-order chi connectivity index (χ1) is 13.4. The molecule has 2 N–H and O–H groups in total. The second kappa shape index (κ2) is 4.51. The Kier molecular flexibility index (Phi) is 2.25. The molecular formula is C24H14N2O. The van der Waals surface area contributed by atoms with Crippen molar-refractivity contribution in [1.82, 2.24) is 9.97 Å². The topological polar surface area (TPSA) is 44.7 Å². The van der Waals surface area contributed by atoms with Gasteiger partial charge in [-0.05, 0) is 24.3 Å². The molecule has 0 aliphatic heterocycles. The van der Waals surface area contributed by atoms with E-state index in [1.54, 1.807) is 0 Å². The summed E-state index contributed by atoms with van der Waals surface area (Å²) in [4.78, 5) is 7.25. The van der Waals surface area contributed by atoms with Gasteiger partial charge in [0.2, 0.25) is 0 Å². The van der Waals surface area contributed by atoms with E-state index in [0.717, 1.165) is 38.5 Å². The minimum absolute atomic E-state index is 0.932. The highest BCUT2D eigenvalue weighted by atomic mass is 16.3. The number of nitrogens with one attached hydrogen (secondary N) is 2. The molecule has 3 heteroatoms. The number of fused-ring (bicyclic) bond motifs is 10. The maximum atomic E-state index is 6.09. The van der Waals surface area contributed by atoms with E-state index in [0.29, 0.717) is 0 Å². The Morgan fingerprint density at radius 1 is 0.481 bits per heavy atom. The van der Waals surface area contributed by atoms with E-state index in [1.807, 2.05) is 12.1 Å². The molecule has 0 amide bonds. The molecule has 3 aromatic heterocycles. The van der Waals surface area contributed by atoms with E-state index < -0.39 is 0 Å². The zero-order chi connectivity index (χ0) is 17.5. The minimum Gasteiger partial charge on any atom is -0.456 e. The smallest absolute Gasteiger partial charge is 0.136 e. The van der Waals surface area contributed by atoms with Crippen molar-refractivity contribution in [2.75, 3.05) is 0 Å². The summed E-state index contributed by atoms with van der Waals surface area (Å²) in [5.74, 6) is 0. The van der Waals surface area contributed by atoms with E-state index in [9.17, 15) is 0 Å². The quantitative estimate of drug-likeness (QED) is 0.310. The highest BCUT2D eigenvalue weighted by molar-refractivity contribution is 6.23. The van der Waals surface area contributed by atoms with Crippen LogP contribution in [-0.2, 0) is 0 Å². The van der Waals surface area contributed by atoms with Gasteiger partial charge in [0.15, 0.2) is 0 Å². The SMILES string of the molecule is c1ccc2c(c1)[nH]c1c2ccc2c3cc4oc5ccccc5c4cc3[nH]c21. The number of hydrogen-bond donors (Lipinski definition) is 2. The lowest BCUT2D eigenvalue weighted by Crippen LogP contribution is -1.72. The molecule has 27 heavy (non-hydrogen) atoms. The van der Waals surface area contributed by atoms with E-state index in [4.69, 9.17) is 4.42 Å². The second-order valence-corrected chi connectivity index (χ2v) is 7.20. The molecule has 7 rings (SSSR count). The fraction of sp³-hybridized carbons (Fsp3) is 0. The molecule has 0 aliphatic carbocycles. The molecule has 0 radical (unpaired) electrons. The van der Waals surface area contributed by atoms with Gasteiger partial charge in [0.05, 0.1) is 11.0 Å². The normalized spacial score (nSPS) is 12.4. The Hall–Kier alpha value is -3.72. The van der Waals surface area contributed by atoms with Crippen molar-refractivity contribution in [3.63, 3.8) is 0 Å². The monoisotopic (exact) mass is 346 g/mol. The van der Waals surface area contributed by atoms with Gasteiger partial charge in [-0.15, -0.1) is 0 Å². The number of furan rings is 1. The van der Waals surface area contributed by atoms with Gasteiger partial charge in [-0.2, -0.15) is 0 Å². The molecule has 0 fully saturated rings. The minimum atomic E-state index is 0.932. The van der Waals surface area contributed by atoms with Gasteiger partial charge in [0.25, 0.3) is 0 Å². The highest BCUT2D eigenvalue weighted by Crippen LogP contribution is 2.38. The van der Waals surface area contributed by atoms with Gasteiger partial charge in [-0.3, -0.25) is 0 Å². The number of para-hydroxylation sites is 2. The van der Waals surface area contributed by atoms with E-state index in [2.05, 4.69) is 70.6 Å². The predicted octanol–water partition coefficient (Wildman–Crippen LogP) is 6.86. The molecule has 0 spiro atoms. The average Bonchev–Trinajstić information content (AvgIpc) is 3.36. The summed E-state index contributed by atoms with van der Waals surface area (Å²) in [7, 11) is 0. The van der Waals surface area contributed by atoms with Crippen LogP contribution in [0.3, 0.4) is 0 Å². The maximum absolute atomic E-state index is 6.09. The predicted molar refractivity (Wildman–Crippen MR) is 112 cm³/mol. The van der Waals surface area contributed by atoms with Crippen LogP contribution in [0.5, 0.6) is 0 Å². The van der Waals surface area contributed by atoms with Crippen LogP contribution in [0.4, 0.5) is 0 Å². The first kappa shape index (κ1) is 13.5. The molecule has 0 atom stereocenters. The number of benzene rings is 4. The first-order valence-corrected chi connectivity index (χ1v) is 9.13. The molecular weight excluding hydrogens is 332 g/mol. The molecule has 3 nitrogen and oxygen atoms in total. The summed E-state index contributed by atoms with van der Waals surface area (Å²) in [6, 6.07) is 25.5. The van der Waals surface area contributed by atoms with Crippen molar-refractivity contribution in [3.8, 4) is 0 Å². The fourth-order valence-corrected chi connectivity index (χ4v) is 4.51. The largest absolute Gasteiger partial charge is 0.456 e. The molecule has 0 saturated heterocycles. The van der Waals surface area contributed by atoms with Crippen molar-refractivity contribution in [3.05, 3.63) is 72.8 Å². The first-order valence-electron chi connectivity index (χ1n) is 9.13. The molecule has 0 bridgehead atoms. The number of hydrogen-bond acceptors (Lipinski definition) is 1. The second-order valence-electron chi connectivity index (χ2n) is 7.20. The third kappa shape index (κ3) is 1.62. The van der Waals surface area contributed by atoms with Gasteiger partial charge >= 0.3 is 0 Å². The Morgan fingerprint density at radius 2 is 1.19 bits per heavy atom. The van der Waals surface area contributed by atoms with Crippen LogP contribution >= 0.6 is 0 Å². The standard InChI is InChI=1S/C24H14N2O/c1-3-7-19-13(5-1)15-9-10-16-17-12-22-18(14-6-2-4-8-21(14)27-22)11-20(17)26-24(16)23(15)25-19/h1-12,25-26H. The Balaban J connectivity index is 1.67. The zero-order valence-corrected chi connectivity index (χ0v) is 14.3. The van der Waals surface area contributed by atoms with Crippen molar-refractivity contribution in [2.24, 2.45) is 0 Å². The van der Waals surface area contributed by atoms with Crippen LogP contribution in [-0.4, -0.2) is 9.97 Å². The Labute approximate surface area is 153 Å². The van der Waals surface area contributed by atoms with Crippen molar-refractivity contribution >= 4 is 65.6 Å². The lowest BCUT2D eigenvalue weighted by atomic mass is 10.1. The Bertz CT molecular complexity index is 1680. The van der Waals surface area contributed by atoms with Gasteiger partial charge in [0, 0.05) is 43.4 Å². The van der Waals surface area contributed by atoms with Gasteiger partial charge in [-0.25, -0.2) is 0 Å². The number of rotatable bonds is 0. The summed E-state index contributed by atoms with van der Waals surface area (Å²) >= 11 is 0. The fourth-order valence-electron chi connectivity index (χ4n) is 4.51. The van der Waals surface area contributed by atoms with Crippen LogP contribution in [0, 0.1) is 0 Å².